The zero-order valence-electron chi connectivity index (χ0n) is 11.6. The van der Waals surface area contributed by atoms with Crippen molar-refractivity contribution in [2.24, 2.45) is 0 Å². The lowest BCUT2D eigenvalue weighted by Gasteiger charge is -2.03. The van der Waals surface area contributed by atoms with E-state index in [1.165, 1.54) is 29.7 Å². The lowest BCUT2D eigenvalue weighted by atomic mass is 10.1. The van der Waals surface area contributed by atoms with E-state index in [-0.39, 0.29) is 13.0 Å². The van der Waals surface area contributed by atoms with Crippen molar-refractivity contribution >= 4 is 22.5 Å². The highest BCUT2D eigenvalue weighted by molar-refractivity contribution is 7.15. The fraction of sp³-hybridized carbons (Fsp3) is 0.286. The molecule has 1 aromatic heterocycles. The van der Waals surface area contributed by atoms with Gasteiger partial charge in [-0.15, -0.1) is 11.3 Å². The van der Waals surface area contributed by atoms with Crippen LogP contribution >= 0.6 is 11.3 Å². The summed E-state index contributed by atoms with van der Waals surface area (Å²) < 4.78 is 26.4. The summed E-state index contributed by atoms with van der Waals surface area (Å²) in [5, 5.41) is 14.1. The number of nitrogens with zero attached hydrogens (tertiary/aromatic N) is 1. The number of thiazole rings is 1. The zero-order valence-corrected chi connectivity index (χ0v) is 12.4. The summed E-state index contributed by atoms with van der Waals surface area (Å²) in [6.07, 6.45) is 2.29. The largest absolute Gasteiger partial charge is 0.396 e. The summed E-state index contributed by atoms with van der Waals surface area (Å²) in [6.45, 7) is 0.367. The lowest BCUT2D eigenvalue weighted by molar-refractivity contribution is 0.249. The van der Waals surface area contributed by atoms with Crippen LogP contribution in [0.3, 0.4) is 0 Å². The molecule has 0 aliphatic heterocycles. The second-order valence-corrected chi connectivity index (χ2v) is 5.62. The van der Waals surface area contributed by atoms with Crippen molar-refractivity contribution in [3.63, 3.8) is 0 Å². The number of benzene rings is 1. The van der Waals surface area contributed by atoms with Crippen LogP contribution in [0.1, 0.15) is 16.9 Å². The van der Waals surface area contributed by atoms with Crippen molar-refractivity contribution in [1.82, 2.24) is 10.3 Å². The third kappa shape index (κ3) is 4.74. The molecule has 118 valence electrons. The van der Waals surface area contributed by atoms with Gasteiger partial charge in [0.1, 0.15) is 11.6 Å². The number of carbonyl (C=O) groups excluding carboxylic acids is 1. The number of carbonyl (C=O) groups is 1. The first-order chi connectivity index (χ1) is 10.6. The molecule has 0 unspecified atom stereocenters. The SMILES string of the molecule is O=C(NCCCO)Nc1ncc(Cc2ccc(F)cc2F)s1. The van der Waals surface area contributed by atoms with Gasteiger partial charge in [0.2, 0.25) is 0 Å². The number of anilines is 1. The Morgan fingerprint density at radius 2 is 2.18 bits per heavy atom. The van der Waals surface area contributed by atoms with Crippen LogP contribution in [0.4, 0.5) is 18.7 Å². The Kier molecular flexibility index (Phi) is 5.79. The molecule has 0 aliphatic carbocycles. The first-order valence-electron chi connectivity index (χ1n) is 6.63. The van der Waals surface area contributed by atoms with Gasteiger partial charge in [0.15, 0.2) is 5.13 Å². The van der Waals surface area contributed by atoms with Gasteiger partial charge >= 0.3 is 6.03 Å². The Morgan fingerprint density at radius 1 is 1.36 bits per heavy atom. The van der Waals surface area contributed by atoms with E-state index in [9.17, 15) is 13.6 Å². The smallest absolute Gasteiger partial charge is 0.321 e. The molecule has 0 saturated carbocycles. The highest BCUT2D eigenvalue weighted by Gasteiger charge is 2.09. The van der Waals surface area contributed by atoms with Crippen molar-refractivity contribution in [3.05, 3.63) is 46.5 Å². The van der Waals surface area contributed by atoms with Gasteiger partial charge in [-0.2, -0.15) is 0 Å². The van der Waals surface area contributed by atoms with E-state index in [4.69, 9.17) is 5.11 Å². The summed E-state index contributed by atoms with van der Waals surface area (Å²) in [7, 11) is 0. The van der Waals surface area contributed by atoms with Crippen LogP contribution in [0, 0.1) is 11.6 Å². The average Bonchev–Trinajstić information content (AvgIpc) is 2.89. The van der Waals surface area contributed by atoms with E-state index in [1.807, 2.05) is 0 Å². The first kappa shape index (κ1) is 16.3. The standard InChI is InChI=1S/C14H15F2N3O2S/c15-10-3-2-9(12(16)7-10)6-11-8-18-14(22-11)19-13(21)17-4-1-5-20/h2-3,7-8,20H,1,4-6H2,(H2,17,18,19,21). The van der Waals surface area contributed by atoms with Crippen molar-refractivity contribution in [2.45, 2.75) is 12.8 Å². The summed E-state index contributed by atoms with van der Waals surface area (Å²) in [4.78, 5) is 16.3. The third-order valence-electron chi connectivity index (χ3n) is 2.77. The number of nitrogens with one attached hydrogen (secondary N) is 2. The maximum atomic E-state index is 13.6. The molecule has 2 aromatic rings. The molecule has 1 heterocycles. The van der Waals surface area contributed by atoms with E-state index in [0.717, 1.165) is 10.9 Å². The van der Waals surface area contributed by atoms with Crippen LogP contribution in [0.2, 0.25) is 0 Å². The molecule has 0 fully saturated rings. The minimum atomic E-state index is -0.618. The van der Waals surface area contributed by atoms with E-state index in [2.05, 4.69) is 15.6 Å². The first-order valence-corrected chi connectivity index (χ1v) is 7.44. The van der Waals surface area contributed by atoms with Gasteiger partial charge in [-0.3, -0.25) is 5.32 Å². The van der Waals surface area contributed by atoms with Crippen molar-refractivity contribution in [1.29, 1.82) is 0 Å². The molecule has 0 spiro atoms. The van der Waals surface area contributed by atoms with Gasteiger partial charge in [0.25, 0.3) is 0 Å². The maximum absolute atomic E-state index is 13.6. The Morgan fingerprint density at radius 3 is 2.91 bits per heavy atom. The number of aliphatic hydroxyl groups is 1. The van der Waals surface area contributed by atoms with Gasteiger partial charge in [0, 0.05) is 36.7 Å². The highest BCUT2D eigenvalue weighted by atomic mass is 32.1. The van der Waals surface area contributed by atoms with E-state index < -0.39 is 17.7 Å². The average molecular weight is 327 g/mol. The fourth-order valence-corrected chi connectivity index (χ4v) is 2.55. The fourth-order valence-electron chi connectivity index (χ4n) is 1.72. The van der Waals surface area contributed by atoms with Gasteiger partial charge in [-0.1, -0.05) is 6.07 Å². The molecule has 3 N–H and O–H groups in total. The molecule has 8 heteroatoms. The number of urea groups is 1. The topological polar surface area (TPSA) is 74.2 Å². The Balaban J connectivity index is 1.92. The number of hydrogen-bond donors (Lipinski definition) is 3. The molecule has 0 aliphatic rings. The van der Waals surface area contributed by atoms with Crippen LogP contribution in [-0.4, -0.2) is 29.3 Å². The number of aromatic nitrogens is 1. The predicted octanol–water partition coefficient (Wildman–Crippen LogP) is 2.52. The quantitative estimate of drug-likeness (QED) is 0.714. The predicted molar refractivity (Wildman–Crippen MR) is 80.0 cm³/mol. The lowest BCUT2D eigenvalue weighted by Crippen LogP contribution is -2.29. The minimum Gasteiger partial charge on any atom is -0.396 e. The number of halogens is 2. The van der Waals surface area contributed by atoms with Crippen molar-refractivity contribution in [3.8, 4) is 0 Å². The minimum absolute atomic E-state index is 0.00488. The van der Waals surface area contributed by atoms with Gasteiger partial charge < -0.3 is 10.4 Å². The Labute approximate surface area is 130 Å². The van der Waals surface area contributed by atoms with E-state index >= 15 is 0 Å². The van der Waals surface area contributed by atoms with E-state index in [0.29, 0.717) is 23.7 Å². The monoisotopic (exact) mass is 327 g/mol. The van der Waals surface area contributed by atoms with Gasteiger partial charge in [-0.25, -0.2) is 18.6 Å². The number of rotatable bonds is 6. The molecule has 1 aromatic carbocycles. The molecule has 0 saturated heterocycles. The van der Waals surface area contributed by atoms with Crippen LogP contribution in [0.25, 0.3) is 0 Å². The molecule has 0 bridgehead atoms. The van der Waals surface area contributed by atoms with Gasteiger partial charge in [0.05, 0.1) is 0 Å². The number of hydrogen-bond acceptors (Lipinski definition) is 4. The number of amides is 2. The molecule has 2 amide bonds. The van der Waals surface area contributed by atoms with Crippen LogP contribution in [0.5, 0.6) is 0 Å². The molecule has 22 heavy (non-hydrogen) atoms. The summed E-state index contributed by atoms with van der Waals surface area (Å²) >= 11 is 1.22. The van der Waals surface area contributed by atoms with Crippen LogP contribution in [0.15, 0.2) is 24.4 Å². The second-order valence-electron chi connectivity index (χ2n) is 4.50. The molecule has 0 atom stereocenters. The third-order valence-corrected chi connectivity index (χ3v) is 3.69. The summed E-state index contributed by atoms with van der Waals surface area (Å²) in [5.41, 5.74) is 0.365. The molecule has 0 radical (unpaired) electrons. The molecular formula is C14H15F2N3O2S. The molecule has 2 rings (SSSR count). The Bertz CT molecular complexity index is 649. The van der Waals surface area contributed by atoms with E-state index in [1.54, 1.807) is 0 Å². The highest BCUT2D eigenvalue weighted by Crippen LogP contribution is 2.22. The Hall–Kier alpha value is -2.06. The van der Waals surface area contributed by atoms with Crippen LogP contribution in [-0.2, 0) is 6.42 Å². The molecule has 5 nitrogen and oxygen atoms in total. The number of aliphatic hydroxyl groups excluding tert-OH is 1. The molecular weight excluding hydrogens is 312 g/mol. The normalized spacial score (nSPS) is 10.5. The summed E-state index contributed by atoms with van der Waals surface area (Å²) in [6, 6.07) is 3.01. The second kappa shape index (κ2) is 7.81. The maximum Gasteiger partial charge on any atom is 0.321 e. The van der Waals surface area contributed by atoms with Gasteiger partial charge in [-0.05, 0) is 18.1 Å². The van der Waals surface area contributed by atoms with Crippen LogP contribution < -0.4 is 10.6 Å². The van der Waals surface area contributed by atoms with Crippen molar-refractivity contribution in [2.75, 3.05) is 18.5 Å². The summed E-state index contributed by atoms with van der Waals surface area (Å²) in [5.74, 6) is -1.22. The van der Waals surface area contributed by atoms with Crippen molar-refractivity contribution < 1.29 is 18.7 Å². The zero-order chi connectivity index (χ0) is 15.9.